The van der Waals surface area contributed by atoms with Crippen molar-refractivity contribution in [3.8, 4) is 5.75 Å². The molecule has 6 heteroatoms. The number of amides is 1. The zero-order valence-corrected chi connectivity index (χ0v) is 11.0. The molecule has 2 rings (SSSR count). The molecule has 1 aromatic carbocycles. The van der Waals surface area contributed by atoms with Gasteiger partial charge in [-0.3, -0.25) is 9.59 Å². The Morgan fingerprint density at radius 1 is 1.50 bits per heavy atom. The van der Waals surface area contributed by atoms with Crippen molar-refractivity contribution in [1.82, 2.24) is 5.32 Å². The van der Waals surface area contributed by atoms with Crippen LogP contribution in [0.2, 0.25) is 0 Å². The summed E-state index contributed by atoms with van der Waals surface area (Å²) in [5.41, 5.74) is 5.51. The second-order valence-corrected chi connectivity index (χ2v) is 4.65. The molecule has 20 heavy (non-hydrogen) atoms. The molecule has 1 atom stereocenters. The maximum atomic E-state index is 13.2. The zero-order chi connectivity index (χ0) is 14.5. The summed E-state index contributed by atoms with van der Waals surface area (Å²) in [6.07, 6.45) is 1.20. The number of ketones is 1. The summed E-state index contributed by atoms with van der Waals surface area (Å²) in [6.45, 7) is 0.718. The lowest BCUT2D eigenvalue weighted by Gasteiger charge is -2.14. The molecule has 1 aromatic rings. The number of ether oxygens (including phenoxy) is 1. The Balaban J connectivity index is 2.12. The van der Waals surface area contributed by atoms with Crippen molar-refractivity contribution in [3.05, 3.63) is 29.6 Å². The Morgan fingerprint density at radius 2 is 2.30 bits per heavy atom. The van der Waals surface area contributed by atoms with Crippen LogP contribution in [0.5, 0.6) is 5.75 Å². The summed E-state index contributed by atoms with van der Waals surface area (Å²) in [5, 5.41) is 2.66. The lowest BCUT2D eigenvalue weighted by molar-refractivity contribution is -0.121. The first kappa shape index (κ1) is 14.5. The number of nitrogens with one attached hydrogen (secondary N) is 1. The van der Waals surface area contributed by atoms with Gasteiger partial charge in [-0.1, -0.05) is 0 Å². The van der Waals surface area contributed by atoms with Crippen LogP contribution in [0, 0.1) is 5.82 Å². The van der Waals surface area contributed by atoms with Gasteiger partial charge in [-0.2, -0.15) is 0 Å². The fraction of sp³-hybridized carbons (Fsp3) is 0.429. The van der Waals surface area contributed by atoms with Crippen LogP contribution >= 0.6 is 0 Å². The molecule has 0 bridgehead atoms. The second-order valence-electron chi connectivity index (χ2n) is 4.65. The predicted molar refractivity (Wildman–Crippen MR) is 71.1 cm³/mol. The van der Waals surface area contributed by atoms with Gasteiger partial charge in [-0.05, 0) is 31.2 Å². The molecular formula is C14H17FN2O3. The monoisotopic (exact) mass is 280 g/mol. The van der Waals surface area contributed by atoms with Gasteiger partial charge in [0.25, 0.3) is 0 Å². The quantitative estimate of drug-likeness (QED) is 0.862. The van der Waals surface area contributed by atoms with Gasteiger partial charge in [-0.15, -0.1) is 0 Å². The van der Waals surface area contributed by atoms with E-state index >= 15 is 0 Å². The van der Waals surface area contributed by atoms with Crippen molar-refractivity contribution >= 4 is 11.7 Å². The summed E-state index contributed by atoms with van der Waals surface area (Å²) in [5.74, 6) is -0.697. The number of halogens is 1. The van der Waals surface area contributed by atoms with E-state index in [1.807, 2.05) is 0 Å². The fourth-order valence-corrected chi connectivity index (χ4v) is 2.09. The molecule has 0 fully saturated rings. The Bertz CT molecular complexity index is 519. The highest BCUT2D eigenvalue weighted by Crippen LogP contribution is 2.25. The Morgan fingerprint density at radius 3 is 3.05 bits per heavy atom. The normalized spacial score (nSPS) is 17.9. The summed E-state index contributed by atoms with van der Waals surface area (Å²) in [4.78, 5) is 24.0. The van der Waals surface area contributed by atoms with E-state index in [-0.39, 0.29) is 23.7 Å². The molecule has 0 aliphatic carbocycles. The van der Waals surface area contributed by atoms with E-state index in [1.165, 1.54) is 12.1 Å². The molecule has 0 radical (unpaired) electrons. The topological polar surface area (TPSA) is 81.4 Å². The van der Waals surface area contributed by atoms with E-state index in [1.54, 1.807) is 0 Å². The summed E-state index contributed by atoms with van der Waals surface area (Å²) in [7, 11) is 0. The summed E-state index contributed by atoms with van der Waals surface area (Å²) < 4.78 is 18.7. The molecule has 0 spiro atoms. The number of rotatable bonds is 4. The van der Waals surface area contributed by atoms with Gasteiger partial charge in [0.2, 0.25) is 5.91 Å². The van der Waals surface area contributed by atoms with Crippen LogP contribution in [0.25, 0.3) is 0 Å². The largest absolute Gasteiger partial charge is 0.493 e. The molecule has 3 N–H and O–H groups in total. The average molecular weight is 280 g/mol. The lowest BCUT2D eigenvalue weighted by atomic mass is 10.0. The minimum atomic E-state index is -0.677. The van der Waals surface area contributed by atoms with Gasteiger partial charge in [0.15, 0.2) is 5.78 Å². The van der Waals surface area contributed by atoms with Crippen LogP contribution in [0.4, 0.5) is 4.39 Å². The third kappa shape index (κ3) is 3.33. The molecule has 1 heterocycles. The van der Waals surface area contributed by atoms with Crippen LogP contribution in [0.15, 0.2) is 18.2 Å². The van der Waals surface area contributed by atoms with Crippen molar-refractivity contribution in [1.29, 1.82) is 0 Å². The Labute approximate surface area is 116 Å². The van der Waals surface area contributed by atoms with Gasteiger partial charge in [0, 0.05) is 12.8 Å². The van der Waals surface area contributed by atoms with E-state index < -0.39 is 11.9 Å². The van der Waals surface area contributed by atoms with Crippen LogP contribution < -0.4 is 15.8 Å². The number of benzene rings is 1. The first-order valence-electron chi connectivity index (χ1n) is 6.58. The van der Waals surface area contributed by atoms with Crippen LogP contribution in [0.1, 0.15) is 29.6 Å². The fourth-order valence-electron chi connectivity index (χ4n) is 2.09. The maximum absolute atomic E-state index is 13.2. The highest BCUT2D eigenvalue weighted by Gasteiger charge is 2.27. The minimum absolute atomic E-state index is 0.173. The average Bonchev–Trinajstić information content (AvgIpc) is 2.58. The van der Waals surface area contributed by atoms with Gasteiger partial charge < -0.3 is 15.8 Å². The zero-order valence-electron chi connectivity index (χ0n) is 11.0. The van der Waals surface area contributed by atoms with E-state index in [9.17, 15) is 14.0 Å². The van der Waals surface area contributed by atoms with E-state index in [2.05, 4.69) is 5.32 Å². The highest BCUT2D eigenvalue weighted by atomic mass is 19.1. The van der Waals surface area contributed by atoms with Crippen molar-refractivity contribution in [2.45, 2.75) is 25.3 Å². The number of hydrogen-bond acceptors (Lipinski definition) is 4. The van der Waals surface area contributed by atoms with E-state index in [0.29, 0.717) is 31.7 Å². The molecular weight excluding hydrogens is 263 g/mol. The van der Waals surface area contributed by atoms with Gasteiger partial charge in [0.1, 0.15) is 11.6 Å². The number of nitrogens with two attached hydrogens (primary N) is 1. The lowest BCUT2D eigenvalue weighted by Crippen LogP contribution is -2.41. The molecule has 1 unspecified atom stereocenters. The second kappa shape index (κ2) is 6.47. The smallest absolute Gasteiger partial charge is 0.220 e. The van der Waals surface area contributed by atoms with Gasteiger partial charge in [-0.25, -0.2) is 4.39 Å². The molecule has 5 nitrogen and oxygen atoms in total. The molecule has 1 amide bonds. The van der Waals surface area contributed by atoms with Crippen molar-refractivity contribution < 1.29 is 18.7 Å². The van der Waals surface area contributed by atoms with E-state index in [0.717, 1.165) is 6.07 Å². The molecule has 0 saturated heterocycles. The first-order valence-corrected chi connectivity index (χ1v) is 6.58. The number of carbonyl (C=O) groups is 2. The molecule has 0 saturated carbocycles. The van der Waals surface area contributed by atoms with Gasteiger partial charge >= 0.3 is 0 Å². The third-order valence-corrected chi connectivity index (χ3v) is 3.13. The predicted octanol–water partition coefficient (Wildman–Crippen LogP) is 1.01. The third-order valence-electron chi connectivity index (χ3n) is 3.13. The SMILES string of the molecule is NCCCC(=O)NC1CCOc2ccc(F)cc2C1=O. The van der Waals surface area contributed by atoms with Crippen LogP contribution in [-0.2, 0) is 4.79 Å². The van der Waals surface area contributed by atoms with Gasteiger partial charge in [0.05, 0.1) is 18.2 Å². The highest BCUT2D eigenvalue weighted by molar-refractivity contribution is 6.04. The number of carbonyl (C=O) groups excluding carboxylic acids is 2. The number of hydrogen-bond donors (Lipinski definition) is 2. The molecule has 108 valence electrons. The summed E-state index contributed by atoms with van der Waals surface area (Å²) in [6, 6.07) is 3.14. The first-order chi connectivity index (χ1) is 9.61. The summed E-state index contributed by atoms with van der Waals surface area (Å²) >= 11 is 0. The van der Waals surface area contributed by atoms with Crippen molar-refractivity contribution in [2.24, 2.45) is 5.73 Å². The van der Waals surface area contributed by atoms with Crippen LogP contribution in [0.3, 0.4) is 0 Å². The Hall–Kier alpha value is -1.95. The van der Waals surface area contributed by atoms with Crippen molar-refractivity contribution in [3.63, 3.8) is 0 Å². The molecule has 0 aromatic heterocycles. The molecule has 1 aliphatic rings. The Kier molecular flexibility index (Phi) is 4.68. The van der Waals surface area contributed by atoms with E-state index in [4.69, 9.17) is 10.5 Å². The van der Waals surface area contributed by atoms with Crippen LogP contribution in [-0.4, -0.2) is 30.9 Å². The minimum Gasteiger partial charge on any atom is -0.493 e. The number of Topliss-reactive ketones (excluding diaryl/α,β-unsaturated/α-hetero) is 1. The van der Waals surface area contributed by atoms with Crippen molar-refractivity contribution in [2.75, 3.05) is 13.2 Å². The standard InChI is InChI=1S/C14H17FN2O3/c15-9-3-4-12-10(8-9)14(19)11(5-7-20-12)17-13(18)2-1-6-16/h3-4,8,11H,1-2,5-7,16H2,(H,17,18). The maximum Gasteiger partial charge on any atom is 0.220 e. The molecule has 1 aliphatic heterocycles. The number of fused-ring (bicyclic) bond motifs is 1.